The molecule has 0 saturated heterocycles. The van der Waals surface area contributed by atoms with Crippen molar-refractivity contribution in [1.29, 1.82) is 0 Å². The summed E-state index contributed by atoms with van der Waals surface area (Å²) in [6, 6.07) is 5.23. The van der Waals surface area contributed by atoms with Crippen LogP contribution in [0.3, 0.4) is 0 Å². The number of nitrogens with zero attached hydrogens (tertiary/aromatic N) is 1. The summed E-state index contributed by atoms with van der Waals surface area (Å²) >= 11 is 11.9. The van der Waals surface area contributed by atoms with E-state index in [-0.39, 0.29) is 12.5 Å². The topological polar surface area (TPSA) is 32.3 Å². The van der Waals surface area contributed by atoms with Gasteiger partial charge in [0.1, 0.15) is 0 Å². The average Bonchev–Trinajstić information content (AvgIpc) is 2.40. The molecule has 1 aromatic carbocycles. The summed E-state index contributed by atoms with van der Waals surface area (Å²) in [6.07, 6.45) is 3.35. The van der Waals surface area contributed by atoms with Crippen molar-refractivity contribution in [2.75, 3.05) is 25.0 Å². The Morgan fingerprint density at radius 2 is 1.89 bits per heavy atom. The Labute approximate surface area is 123 Å². The molecule has 102 valence electrons. The first-order chi connectivity index (χ1) is 9.10. The fourth-order valence-corrected chi connectivity index (χ4v) is 1.88. The van der Waals surface area contributed by atoms with Crippen LogP contribution in [-0.2, 0) is 4.79 Å². The number of amides is 1. The highest BCUT2D eigenvalue weighted by Crippen LogP contribution is 2.29. The Morgan fingerprint density at radius 1 is 1.26 bits per heavy atom. The minimum Gasteiger partial charge on any atom is -0.375 e. The number of halogens is 2. The fourth-order valence-electron chi connectivity index (χ4n) is 1.51. The number of nitrogens with one attached hydrogen (secondary N) is 1. The van der Waals surface area contributed by atoms with Crippen molar-refractivity contribution in [1.82, 2.24) is 4.90 Å². The van der Waals surface area contributed by atoms with E-state index in [0.717, 1.165) is 0 Å². The first-order valence-electron chi connectivity index (χ1n) is 5.77. The lowest BCUT2D eigenvalue weighted by molar-refractivity contribution is -0.128. The number of carbonyl (C=O) groups is 1. The van der Waals surface area contributed by atoms with Gasteiger partial charge in [-0.2, -0.15) is 0 Å². The van der Waals surface area contributed by atoms with Gasteiger partial charge in [-0.05, 0) is 12.1 Å². The normalized spacial score (nSPS) is 9.79. The van der Waals surface area contributed by atoms with Gasteiger partial charge in [-0.25, -0.2) is 0 Å². The molecule has 1 rings (SSSR count). The lowest BCUT2D eigenvalue weighted by atomic mass is 10.3. The second-order valence-electron chi connectivity index (χ2n) is 3.83. The van der Waals surface area contributed by atoms with Crippen LogP contribution in [-0.4, -0.2) is 30.4 Å². The highest BCUT2D eigenvalue weighted by Gasteiger charge is 2.11. The molecule has 0 atom stereocenters. The molecule has 0 saturated carbocycles. The van der Waals surface area contributed by atoms with E-state index in [1.807, 2.05) is 0 Å². The van der Waals surface area contributed by atoms with Crippen LogP contribution in [0.4, 0.5) is 5.69 Å². The van der Waals surface area contributed by atoms with Gasteiger partial charge >= 0.3 is 0 Å². The van der Waals surface area contributed by atoms with Crippen molar-refractivity contribution in [2.45, 2.75) is 0 Å². The summed E-state index contributed by atoms with van der Waals surface area (Å²) < 4.78 is 0. The van der Waals surface area contributed by atoms with Crippen molar-refractivity contribution < 1.29 is 4.79 Å². The van der Waals surface area contributed by atoms with Gasteiger partial charge in [0.05, 0.1) is 22.3 Å². The molecule has 3 nitrogen and oxygen atoms in total. The molecule has 0 radical (unpaired) electrons. The molecule has 0 bridgehead atoms. The van der Waals surface area contributed by atoms with Crippen LogP contribution < -0.4 is 5.32 Å². The van der Waals surface area contributed by atoms with Crippen LogP contribution in [0, 0.1) is 0 Å². The van der Waals surface area contributed by atoms with Crippen LogP contribution in [0.1, 0.15) is 0 Å². The van der Waals surface area contributed by atoms with Crippen molar-refractivity contribution in [3.05, 3.63) is 53.6 Å². The molecule has 5 heteroatoms. The van der Waals surface area contributed by atoms with Crippen molar-refractivity contribution in [3.63, 3.8) is 0 Å². The molecule has 19 heavy (non-hydrogen) atoms. The lowest BCUT2D eigenvalue weighted by Crippen LogP contribution is -2.35. The van der Waals surface area contributed by atoms with E-state index in [1.165, 1.54) is 0 Å². The van der Waals surface area contributed by atoms with Crippen LogP contribution in [0.5, 0.6) is 0 Å². The van der Waals surface area contributed by atoms with Crippen molar-refractivity contribution in [3.8, 4) is 0 Å². The Morgan fingerprint density at radius 3 is 2.47 bits per heavy atom. The van der Waals surface area contributed by atoms with E-state index in [2.05, 4.69) is 18.5 Å². The molecule has 0 aliphatic rings. The molecule has 0 spiro atoms. The van der Waals surface area contributed by atoms with Gasteiger partial charge in [-0.1, -0.05) is 41.4 Å². The molecule has 1 amide bonds. The minimum atomic E-state index is -0.0594. The third-order valence-corrected chi connectivity index (χ3v) is 3.25. The Kier molecular flexibility index (Phi) is 6.46. The summed E-state index contributed by atoms with van der Waals surface area (Å²) in [4.78, 5) is 13.6. The van der Waals surface area contributed by atoms with Crippen molar-refractivity contribution in [2.24, 2.45) is 0 Å². The van der Waals surface area contributed by atoms with Crippen LogP contribution in [0.25, 0.3) is 0 Å². The molecular formula is C14H16Cl2N2O. The molecule has 1 aromatic rings. The maximum absolute atomic E-state index is 12.0. The van der Waals surface area contributed by atoms with E-state index < -0.39 is 0 Å². The SMILES string of the molecule is C=CCN(CC=C)C(=O)CNc1cccc(Cl)c1Cl. The molecular weight excluding hydrogens is 283 g/mol. The summed E-state index contributed by atoms with van der Waals surface area (Å²) in [5, 5.41) is 3.84. The van der Waals surface area contributed by atoms with Gasteiger partial charge in [-0.3, -0.25) is 4.79 Å². The lowest BCUT2D eigenvalue weighted by Gasteiger charge is -2.20. The van der Waals surface area contributed by atoms with E-state index in [9.17, 15) is 4.79 Å². The monoisotopic (exact) mass is 298 g/mol. The summed E-state index contributed by atoms with van der Waals surface area (Å²) in [5.74, 6) is -0.0594. The number of hydrogen-bond acceptors (Lipinski definition) is 2. The predicted octanol–water partition coefficient (Wildman–Crippen LogP) is 3.61. The molecule has 0 unspecified atom stereocenters. The van der Waals surface area contributed by atoms with E-state index in [4.69, 9.17) is 23.2 Å². The number of rotatable bonds is 7. The van der Waals surface area contributed by atoms with Gasteiger partial charge in [-0.15, -0.1) is 13.2 Å². The smallest absolute Gasteiger partial charge is 0.242 e. The van der Waals surface area contributed by atoms with Gasteiger partial charge < -0.3 is 10.2 Å². The highest BCUT2D eigenvalue weighted by molar-refractivity contribution is 6.43. The van der Waals surface area contributed by atoms with Gasteiger partial charge in [0, 0.05) is 13.1 Å². The molecule has 0 aromatic heterocycles. The average molecular weight is 299 g/mol. The number of benzene rings is 1. The first kappa shape index (κ1) is 15.6. The minimum absolute atomic E-state index is 0.0594. The maximum atomic E-state index is 12.0. The quantitative estimate of drug-likeness (QED) is 0.780. The molecule has 0 heterocycles. The predicted molar refractivity (Wildman–Crippen MR) is 81.9 cm³/mol. The Bertz CT molecular complexity index is 465. The van der Waals surface area contributed by atoms with Crippen LogP contribution in [0.15, 0.2) is 43.5 Å². The first-order valence-corrected chi connectivity index (χ1v) is 6.53. The summed E-state index contributed by atoms with van der Waals surface area (Å²) in [6.45, 7) is 8.35. The fraction of sp³-hybridized carbons (Fsp3) is 0.214. The molecule has 0 fully saturated rings. The third kappa shape index (κ3) is 4.62. The third-order valence-electron chi connectivity index (χ3n) is 2.43. The zero-order valence-electron chi connectivity index (χ0n) is 10.5. The van der Waals surface area contributed by atoms with Crippen molar-refractivity contribution >= 4 is 34.8 Å². The van der Waals surface area contributed by atoms with Crippen LogP contribution >= 0.6 is 23.2 Å². The van der Waals surface area contributed by atoms with E-state index in [1.54, 1.807) is 35.3 Å². The highest BCUT2D eigenvalue weighted by atomic mass is 35.5. The summed E-state index contributed by atoms with van der Waals surface area (Å²) in [7, 11) is 0. The number of hydrogen-bond donors (Lipinski definition) is 1. The zero-order chi connectivity index (χ0) is 14.3. The Balaban J connectivity index is 2.64. The second-order valence-corrected chi connectivity index (χ2v) is 4.62. The van der Waals surface area contributed by atoms with Gasteiger partial charge in [0.25, 0.3) is 0 Å². The van der Waals surface area contributed by atoms with Gasteiger partial charge in [0.15, 0.2) is 0 Å². The largest absolute Gasteiger partial charge is 0.375 e. The maximum Gasteiger partial charge on any atom is 0.242 e. The zero-order valence-corrected chi connectivity index (χ0v) is 12.0. The summed E-state index contributed by atoms with van der Waals surface area (Å²) in [5.41, 5.74) is 0.639. The molecule has 1 N–H and O–H groups in total. The number of carbonyl (C=O) groups excluding carboxylic acids is 1. The standard InChI is InChI=1S/C14H16Cl2N2O/c1-3-8-18(9-4-2)13(19)10-17-12-7-5-6-11(15)14(12)16/h3-7,17H,1-2,8-10H2. The molecule has 0 aliphatic heterocycles. The Hall–Kier alpha value is -1.45. The molecule has 0 aliphatic carbocycles. The van der Waals surface area contributed by atoms with E-state index in [0.29, 0.717) is 28.8 Å². The van der Waals surface area contributed by atoms with Crippen LogP contribution in [0.2, 0.25) is 10.0 Å². The second kappa shape index (κ2) is 7.87. The number of anilines is 1. The van der Waals surface area contributed by atoms with Gasteiger partial charge in [0.2, 0.25) is 5.91 Å². The van der Waals surface area contributed by atoms with E-state index >= 15 is 0 Å².